The van der Waals surface area contributed by atoms with Crippen molar-refractivity contribution in [3.63, 3.8) is 0 Å². The Hall–Kier alpha value is -1.39. The van der Waals surface area contributed by atoms with Crippen LogP contribution in [-0.2, 0) is 13.1 Å². The predicted octanol–water partition coefficient (Wildman–Crippen LogP) is 4.65. The Morgan fingerprint density at radius 2 is 1.92 bits per heavy atom. The van der Waals surface area contributed by atoms with Crippen LogP contribution in [0.2, 0.25) is 0 Å². The van der Waals surface area contributed by atoms with Gasteiger partial charge in [-0.1, -0.05) is 18.2 Å². The fourth-order valence-electron chi connectivity index (χ4n) is 2.11. The summed E-state index contributed by atoms with van der Waals surface area (Å²) in [4.78, 5) is 9.95. The normalized spacial score (nSPS) is 11.0. The number of hydrogen-bond donors (Lipinski definition) is 2. The van der Waals surface area contributed by atoms with Gasteiger partial charge in [-0.15, -0.1) is 35.3 Å². The zero-order chi connectivity index (χ0) is 16.8. The number of hydrogen-bond acceptors (Lipinski definition) is 4. The number of rotatable bonds is 5. The first kappa shape index (κ1) is 19.9. The average Bonchev–Trinajstić information content (AvgIpc) is 3.25. The van der Waals surface area contributed by atoms with Gasteiger partial charge in [0, 0.05) is 17.5 Å². The molecule has 0 fully saturated rings. The molecule has 0 aliphatic carbocycles. The summed E-state index contributed by atoms with van der Waals surface area (Å²) in [5, 5.41) is 6.51. The van der Waals surface area contributed by atoms with Crippen LogP contribution in [0.4, 0.5) is 0 Å². The first-order valence-corrected chi connectivity index (χ1v) is 9.04. The molecular formula is C17H18BrIN4OS. The van der Waals surface area contributed by atoms with Gasteiger partial charge in [0.15, 0.2) is 5.96 Å². The highest BCUT2D eigenvalue weighted by Gasteiger charge is 2.07. The highest BCUT2D eigenvalue weighted by atomic mass is 127. The lowest BCUT2D eigenvalue weighted by Gasteiger charge is -2.09. The van der Waals surface area contributed by atoms with E-state index in [1.54, 1.807) is 24.6 Å². The van der Waals surface area contributed by atoms with E-state index in [2.05, 4.69) is 42.6 Å². The van der Waals surface area contributed by atoms with Gasteiger partial charge in [-0.05, 0) is 40.2 Å². The standard InChI is InChI=1S/C17H17BrN4OS.HI/c1-19-17(21-10-14-7-8-15(18)24-14)20-9-13-11-23-16(22-13)12-5-3-2-4-6-12;/h2-8,11H,9-10H2,1H3,(H2,19,20,21);1H. The topological polar surface area (TPSA) is 62.5 Å². The number of aliphatic imine (C=N–C) groups is 1. The van der Waals surface area contributed by atoms with Crippen LogP contribution in [0.3, 0.4) is 0 Å². The molecule has 0 aliphatic rings. The number of oxazole rings is 1. The van der Waals surface area contributed by atoms with Crippen LogP contribution in [0, 0.1) is 0 Å². The van der Waals surface area contributed by atoms with E-state index in [-0.39, 0.29) is 24.0 Å². The summed E-state index contributed by atoms with van der Waals surface area (Å²) in [6, 6.07) is 14.0. The van der Waals surface area contributed by atoms with Crippen LogP contribution in [-0.4, -0.2) is 18.0 Å². The molecule has 0 bridgehead atoms. The summed E-state index contributed by atoms with van der Waals surface area (Å²) in [6.45, 7) is 1.27. The molecular weight excluding hydrogens is 515 g/mol. The van der Waals surface area contributed by atoms with Crippen LogP contribution in [0.25, 0.3) is 11.5 Å². The van der Waals surface area contributed by atoms with Crippen LogP contribution < -0.4 is 10.6 Å². The minimum Gasteiger partial charge on any atom is -0.444 e. The molecule has 0 saturated carbocycles. The van der Waals surface area contributed by atoms with E-state index in [4.69, 9.17) is 4.42 Å². The molecule has 132 valence electrons. The second-order valence-electron chi connectivity index (χ2n) is 5.00. The molecule has 8 heteroatoms. The Kier molecular flexibility index (Phi) is 7.91. The number of nitrogens with zero attached hydrogens (tertiary/aromatic N) is 2. The molecule has 0 atom stereocenters. The van der Waals surface area contributed by atoms with Gasteiger partial charge in [-0.2, -0.15) is 0 Å². The minimum absolute atomic E-state index is 0. The Labute approximate surface area is 176 Å². The maximum atomic E-state index is 5.53. The second-order valence-corrected chi connectivity index (χ2v) is 7.54. The van der Waals surface area contributed by atoms with E-state index < -0.39 is 0 Å². The molecule has 2 aromatic heterocycles. The Morgan fingerprint density at radius 3 is 2.60 bits per heavy atom. The molecule has 0 radical (unpaired) electrons. The third-order valence-electron chi connectivity index (χ3n) is 3.29. The van der Waals surface area contributed by atoms with Crippen molar-refractivity contribution in [1.29, 1.82) is 0 Å². The van der Waals surface area contributed by atoms with Crippen molar-refractivity contribution in [1.82, 2.24) is 15.6 Å². The number of aromatic nitrogens is 1. The lowest BCUT2D eigenvalue weighted by atomic mass is 10.2. The van der Waals surface area contributed by atoms with E-state index in [9.17, 15) is 0 Å². The highest BCUT2D eigenvalue weighted by molar-refractivity contribution is 14.0. The molecule has 3 rings (SSSR count). The summed E-state index contributed by atoms with van der Waals surface area (Å²) in [5.74, 6) is 1.35. The summed E-state index contributed by atoms with van der Waals surface area (Å²) >= 11 is 5.16. The maximum absolute atomic E-state index is 5.53. The van der Waals surface area contributed by atoms with E-state index >= 15 is 0 Å². The average molecular weight is 533 g/mol. The lowest BCUT2D eigenvalue weighted by molar-refractivity contribution is 0.572. The molecule has 0 saturated heterocycles. The summed E-state index contributed by atoms with van der Waals surface area (Å²) < 4.78 is 6.66. The third kappa shape index (κ3) is 5.82. The van der Waals surface area contributed by atoms with Crippen LogP contribution in [0.5, 0.6) is 0 Å². The molecule has 0 unspecified atom stereocenters. The summed E-state index contributed by atoms with van der Waals surface area (Å²) in [6.07, 6.45) is 1.67. The zero-order valence-corrected chi connectivity index (χ0v) is 18.3. The van der Waals surface area contributed by atoms with Crippen molar-refractivity contribution in [2.45, 2.75) is 13.1 Å². The molecule has 5 nitrogen and oxygen atoms in total. The maximum Gasteiger partial charge on any atom is 0.226 e. The second kappa shape index (κ2) is 9.93. The van der Waals surface area contributed by atoms with Gasteiger partial charge in [0.1, 0.15) is 6.26 Å². The zero-order valence-electron chi connectivity index (χ0n) is 13.5. The number of halogens is 2. The van der Waals surface area contributed by atoms with Gasteiger partial charge in [0.05, 0.1) is 22.6 Å². The van der Waals surface area contributed by atoms with Gasteiger partial charge >= 0.3 is 0 Å². The van der Waals surface area contributed by atoms with Gasteiger partial charge < -0.3 is 15.1 Å². The monoisotopic (exact) mass is 532 g/mol. The number of nitrogens with one attached hydrogen (secondary N) is 2. The van der Waals surface area contributed by atoms with Crippen LogP contribution >= 0.6 is 51.2 Å². The predicted molar refractivity (Wildman–Crippen MR) is 116 cm³/mol. The number of guanidine groups is 1. The first-order valence-electron chi connectivity index (χ1n) is 7.43. The molecule has 0 amide bonds. The summed E-state index contributed by atoms with van der Waals surface area (Å²) in [5.41, 5.74) is 1.80. The van der Waals surface area contributed by atoms with Crippen molar-refractivity contribution in [2.24, 2.45) is 4.99 Å². The molecule has 1 aromatic carbocycles. The van der Waals surface area contributed by atoms with Gasteiger partial charge in [0.25, 0.3) is 0 Å². The number of thiophene rings is 1. The largest absolute Gasteiger partial charge is 0.444 e. The molecule has 3 aromatic rings. The Bertz CT molecular complexity index is 819. The van der Waals surface area contributed by atoms with Crippen molar-refractivity contribution in [3.8, 4) is 11.5 Å². The highest BCUT2D eigenvalue weighted by Crippen LogP contribution is 2.21. The van der Waals surface area contributed by atoms with Crippen LogP contribution in [0.1, 0.15) is 10.6 Å². The van der Waals surface area contributed by atoms with E-state index in [1.165, 1.54) is 4.88 Å². The quantitative estimate of drug-likeness (QED) is 0.285. The van der Waals surface area contributed by atoms with E-state index in [1.807, 2.05) is 36.4 Å². The molecule has 25 heavy (non-hydrogen) atoms. The Morgan fingerprint density at radius 1 is 1.16 bits per heavy atom. The first-order chi connectivity index (χ1) is 11.7. The van der Waals surface area contributed by atoms with Crippen molar-refractivity contribution in [3.05, 3.63) is 63.1 Å². The molecule has 0 aliphatic heterocycles. The van der Waals surface area contributed by atoms with Crippen molar-refractivity contribution >= 4 is 57.2 Å². The smallest absolute Gasteiger partial charge is 0.226 e. The van der Waals surface area contributed by atoms with Gasteiger partial charge in [-0.25, -0.2) is 4.98 Å². The lowest BCUT2D eigenvalue weighted by Crippen LogP contribution is -2.36. The molecule has 2 N–H and O–H groups in total. The molecule has 0 spiro atoms. The SMILES string of the molecule is CN=C(NCc1coc(-c2ccccc2)n1)NCc1ccc(Br)s1.I. The van der Waals surface area contributed by atoms with Crippen molar-refractivity contribution in [2.75, 3.05) is 7.05 Å². The van der Waals surface area contributed by atoms with Crippen LogP contribution in [0.15, 0.2) is 61.9 Å². The van der Waals surface area contributed by atoms with Crippen molar-refractivity contribution < 1.29 is 4.42 Å². The third-order valence-corrected chi connectivity index (χ3v) is 4.92. The summed E-state index contributed by atoms with van der Waals surface area (Å²) in [7, 11) is 1.75. The van der Waals surface area contributed by atoms with Gasteiger partial charge in [-0.3, -0.25) is 4.99 Å². The van der Waals surface area contributed by atoms with E-state index in [0.29, 0.717) is 12.4 Å². The van der Waals surface area contributed by atoms with E-state index in [0.717, 1.165) is 27.5 Å². The number of benzene rings is 1. The fraction of sp³-hybridized carbons (Fsp3) is 0.176. The minimum atomic E-state index is 0. The van der Waals surface area contributed by atoms with Gasteiger partial charge in [0.2, 0.25) is 5.89 Å². The Balaban J connectivity index is 0.00000225. The molecule has 2 heterocycles. The fourth-order valence-corrected chi connectivity index (χ4v) is 3.54.